The van der Waals surface area contributed by atoms with Crippen molar-refractivity contribution in [1.29, 1.82) is 5.26 Å². The minimum absolute atomic E-state index is 0.0919. The van der Waals surface area contributed by atoms with Gasteiger partial charge in [-0.1, -0.05) is 30.9 Å². The van der Waals surface area contributed by atoms with Crippen molar-refractivity contribution < 1.29 is 8.42 Å². The molecule has 1 saturated carbocycles. The molecule has 1 aromatic carbocycles. The van der Waals surface area contributed by atoms with E-state index in [0.29, 0.717) is 9.50 Å². The molecule has 2 rings (SSSR count). The molecule has 0 amide bonds. The average molecular weight is 392 g/mol. The third kappa shape index (κ3) is 4.19. The molecule has 0 bridgehead atoms. The van der Waals surface area contributed by atoms with Crippen LogP contribution in [-0.4, -0.2) is 14.5 Å². The molecule has 1 unspecified atom stereocenters. The van der Waals surface area contributed by atoms with Crippen LogP contribution in [0.2, 0.25) is 5.02 Å². The Hall–Kier alpha value is -0.610. The van der Waals surface area contributed by atoms with Gasteiger partial charge in [-0.2, -0.15) is 9.98 Å². The first-order valence-electron chi connectivity index (χ1n) is 6.81. The summed E-state index contributed by atoms with van der Waals surface area (Å²) in [5.41, 5.74) is 0. The van der Waals surface area contributed by atoms with E-state index in [4.69, 9.17) is 11.6 Å². The van der Waals surface area contributed by atoms with E-state index in [0.717, 1.165) is 32.1 Å². The first kappa shape index (κ1) is 16.8. The van der Waals surface area contributed by atoms with Crippen LogP contribution >= 0.6 is 27.5 Å². The summed E-state index contributed by atoms with van der Waals surface area (Å²) in [5, 5.41) is 9.72. The number of halogens is 2. The third-order valence-electron chi connectivity index (χ3n) is 3.74. The highest BCUT2D eigenvalue weighted by atomic mass is 79.9. The number of rotatable bonds is 4. The van der Waals surface area contributed by atoms with Crippen molar-refractivity contribution in [3.8, 4) is 6.07 Å². The van der Waals surface area contributed by atoms with E-state index in [1.807, 2.05) is 0 Å². The van der Waals surface area contributed by atoms with Crippen LogP contribution in [0, 0.1) is 17.2 Å². The van der Waals surface area contributed by atoms with Crippen LogP contribution in [-0.2, 0) is 10.0 Å². The lowest BCUT2D eigenvalue weighted by molar-refractivity contribution is 0.324. The fourth-order valence-electron chi connectivity index (χ4n) is 2.57. The number of hydrogen-bond acceptors (Lipinski definition) is 3. The van der Waals surface area contributed by atoms with Crippen molar-refractivity contribution in [1.82, 2.24) is 4.72 Å². The van der Waals surface area contributed by atoms with Gasteiger partial charge >= 0.3 is 0 Å². The maximum absolute atomic E-state index is 12.4. The number of nitriles is 1. The largest absolute Gasteiger partial charge is 0.241 e. The van der Waals surface area contributed by atoms with E-state index in [1.54, 1.807) is 0 Å². The highest BCUT2D eigenvalue weighted by molar-refractivity contribution is 9.10. The van der Waals surface area contributed by atoms with Gasteiger partial charge in [-0.15, -0.1) is 0 Å². The van der Waals surface area contributed by atoms with Crippen LogP contribution in [0.25, 0.3) is 0 Å². The molecule has 1 aliphatic rings. The summed E-state index contributed by atoms with van der Waals surface area (Å²) < 4.78 is 27.8. The number of nitrogens with one attached hydrogen (secondary N) is 1. The lowest BCUT2D eigenvalue weighted by atomic mass is 9.85. The zero-order valence-electron chi connectivity index (χ0n) is 11.4. The van der Waals surface area contributed by atoms with E-state index >= 15 is 0 Å². The van der Waals surface area contributed by atoms with Gasteiger partial charge in [0.15, 0.2) is 0 Å². The average Bonchev–Trinajstić information content (AvgIpc) is 2.48. The summed E-state index contributed by atoms with van der Waals surface area (Å²) in [6, 6.07) is 5.82. The topological polar surface area (TPSA) is 70.0 Å². The van der Waals surface area contributed by atoms with Crippen LogP contribution < -0.4 is 4.72 Å². The highest BCUT2D eigenvalue weighted by Gasteiger charge is 2.28. The Morgan fingerprint density at radius 3 is 2.57 bits per heavy atom. The van der Waals surface area contributed by atoms with Gasteiger partial charge in [-0.25, -0.2) is 8.42 Å². The van der Waals surface area contributed by atoms with Crippen molar-refractivity contribution in [2.45, 2.75) is 43.0 Å². The van der Waals surface area contributed by atoms with Gasteiger partial charge in [0.1, 0.15) is 6.04 Å². The number of benzene rings is 1. The summed E-state index contributed by atoms with van der Waals surface area (Å²) in [6.45, 7) is 0. The summed E-state index contributed by atoms with van der Waals surface area (Å²) in [7, 11) is -3.72. The molecule has 0 heterocycles. The molecule has 114 valence electrons. The minimum Gasteiger partial charge on any atom is -0.207 e. The van der Waals surface area contributed by atoms with Crippen LogP contribution in [0.1, 0.15) is 32.1 Å². The maximum Gasteiger partial charge on any atom is 0.241 e. The fraction of sp³-hybridized carbons (Fsp3) is 0.500. The van der Waals surface area contributed by atoms with Crippen molar-refractivity contribution in [3.05, 3.63) is 27.7 Å². The second kappa shape index (κ2) is 7.10. The SMILES string of the molecule is N#CC(NS(=O)(=O)c1ccc(Cl)c(Br)c1)C1CCCCC1. The smallest absolute Gasteiger partial charge is 0.207 e. The summed E-state index contributed by atoms with van der Waals surface area (Å²) in [4.78, 5) is 0.106. The van der Waals surface area contributed by atoms with Crippen molar-refractivity contribution in [2.75, 3.05) is 0 Å². The lowest BCUT2D eigenvalue weighted by Gasteiger charge is -2.26. The lowest BCUT2D eigenvalue weighted by Crippen LogP contribution is -2.40. The number of hydrogen-bond donors (Lipinski definition) is 1. The van der Waals surface area contributed by atoms with Gasteiger partial charge in [0, 0.05) is 4.47 Å². The molecule has 0 radical (unpaired) electrons. The number of sulfonamides is 1. The van der Waals surface area contributed by atoms with E-state index in [-0.39, 0.29) is 10.8 Å². The molecule has 1 atom stereocenters. The zero-order valence-corrected chi connectivity index (χ0v) is 14.5. The zero-order chi connectivity index (χ0) is 15.5. The van der Waals surface area contributed by atoms with E-state index in [9.17, 15) is 13.7 Å². The molecule has 0 spiro atoms. The second-order valence-electron chi connectivity index (χ2n) is 5.20. The van der Waals surface area contributed by atoms with Crippen molar-refractivity contribution >= 4 is 37.6 Å². The third-order valence-corrected chi connectivity index (χ3v) is 6.40. The van der Waals surface area contributed by atoms with Crippen LogP contribution in [0.4, 0.5) is 0 Å². The maximum atomic E-state index is 12.4. The predicted molar refractivity (Wildman–Crippen MR) is 85.4 cm³/mol. The van der Waals surface area contributed by atoms with Crippen molar-refractivity contribution in [2.24, 2.45) is 5.92 Å². The quantitative estimate of drug-likeness (QED) is 0.847. The van der Waals surface area contributed by atoms with E-state index < -0.39 is 16.1 Å². The Morgan fingerprint density at radius 1 is 1.33 bits per heavy atom. The molecule has 0 aliphatic heterocycles. The predicted octanol–water partition coefficient (Wildman–Crippen LogP) is 3.85. The first-order chi connectivity index (χ1) is 9.94. The Balaban J connectivity index is 2.18. The standard InChI is InChI=1S/C14H16BrClN2O2S/c15-12-8-11(6-7-13(12)16)21(19,20)18-14(9-17)10-4-2-1-3-5-10/h6-8,10,14,18H,1-5H2. The molecule has 1 aromatic rings. The first-order valence-corrected chi connectivity index (χ1v) is 9.46. The van der Waals surface area contributed by atoms with E-state index in [1.165, 1.54) is 18.2 Å². The van der Waals surface area contributed by atoms with Gasteiger partial charge in [0.25, 0.3) is 0 Å². The molecule has 21 heavy (non-hydrogen) atoms. The summed E-state index contributed by atoms with van der Waals surface area (Å²) in [5.74, 6) is 0.0919. The molecule has 4 nitrogen and oxygen atoms in total. The normalized spacial score (nSPS) is 18.1. The Labute approximate surface area is 138 Å². The van der Waals surface area contributed by atoms with Gasteiger partial charge in [0.05, 0.1) is 16.0 Å². The molecule has 0 saturated heterocycles. The Morgan fingerprint density at radius 2 is 2.00 bits per heavy atom. The molecule has 1 N–H and O–H groups in total. The van der Waals surface area contributed by atoms with Crippen LogP contribution in [0.5, 0.6) is 0 Å². The van der Waals surface area contributed by atoms with Gasteiger partial charge in [-0.05, 0) is 52.9 Å². The van der Waals surface area contributed by atoms with Crippen LogP contribution in [0.3, 0.4) is 0 Å². The van der Waals surface area contributed by atoms with Crippen LogP contribution in [0.15, 0.2) is 27.6 Å². The number of nitrogens with zero attached hydrogens (tertiary/aromatic N) is 1. The van der Waals surface area contributed by atoms with Gasteiger partial charge in [-0.3, -0.25) is 0 Å². The monoisotopic (exact) mass is 390 g/mol. The Kier molecular flexibility index (Phi) is 5.67. The Bertz CT molecular complexity index is 651. The molecular weight excluding hydrogens is 376 g/mol. The second-order valence-corrected chi connectivity index (χ2v) is 8.18. The summed E-state index contributed by atoms with van der Waals surface area (Å²) >= 11 is 9.08. The summed E-state index contributed by atoms with van der Waals surface area (Å²) in [6.07, 6.45) is 5.05. The molecule has 7 heteroatoms. The highest BCUT2D eigenvalue weighted by Crippen LogP contribution is 2.28. The van der Waals surface area contributed by atoms with Gasteiger partial charge < -0.3 is 0 Å². The molecule has 1 aliphatic carbocycles. The van der Waals surface area contributed by atoms with Crippen molar-refractivity contribution in [3.63, 3.8) is 0 Å². The molecular formula is C14H16BrClN2O2S. The molecule has 1 fully saturated rings. The minimum atomic E-state index is -3.72. The van der Waals surface area contributed by atoms with E-state index in [2.05, 4.69) is 26.7 Å². The van der Waals surface area contributed by atoms with Gasteiger partial charge in [0.2, 0.25) is 10.0 Å². The fourth-order valence-corrected chi connectivity index (χ4v) is 4.46. The molecule has 0 aromatic heterocycles.